The number of thiophene rings is 1. The maximum Gasteiger partial charge on any atom is 0.245 e. The molecule has 0 radical (unpaired) electrons. The lowest BCUT2D eigenvalue weighted by Gasteiger charge is -2.26. The Balaban J connectivity index is 1.50. The van der Waals surface area contributed by atoms with E-state index >= 15 is 0 Å². The first-order chi connectivity index (χ1) is 11.1. The zero-order chi connectivity index (χ0) is 16.0. The molecular weight excluding hydrogens is 308 g/mol. The molecule has 0 unspecified atom stereocenters. The number of fused-ring (bicyclic) bond motifs is 1. The van der Waals surface area contributed by atoms with Crippen molar-refractivity contribution in [2.45, 2.75) is 44.7 Å². The van der Waals surface area contributed by atoms with Crippen molar-refractivity contribution in [3.8, 4) is 0 Å². The Bertz CT molecular complexity index is 735. The quantitative estimate of drug-likeness (QED) is 0.941. The molecule has 1 amide bonds. The van der Waals surface area contributed by atoms with Gasteiger partial charge in [-0.1, -0.05) is 0 Å². The molecule has 1 N–H and O–H groups in total. The second-order valence-corrected chi connectivity index (χ2v) is 7.51. The first-order valence-electron chi connectivity index (χ1n) is 8.28. The molecular formula is C17H22N4OS. The van der Waals surface area contributed by atoms with E-state index in [0.717, 1.165) is 30.9 Å². The van der Waals surface area contributed by atoms with Crippen LogP contribution in [0.1, 0.15) is 41.4 Å². The van der Waals surface area contributed by atoms with E-state index in [4.69, 9.17) is 0 Å². The molecule has 1 aliphatic carbocycles. The van der Waals surface area contributed by atoms with E-state index in [2.05, 4.69) is 21.9 Å². The number of carbonyl (C=O) groups is 1. The standard InChI is InChI=1S/C17H22N4OS/c1-11-10-16(20(2)19-11)21-8-6-14(17(21)22)18-13-4-3-5-15-12(13)7-9-23-15/h7,9-10,13-14,18H,3-6,8H2,1-2H3/t13-,14+/m0/s1. The smallest absolute Gasteiger partial charge is 0.245 e. The molecule has 2 aromatic heterocycles. The van der Waals surface area contributed by atoms with Gasteiger partial charge in [0, 0.05) is 30.6 Å². The van der Waals surface area contributed by atoms with Crippen LogP contribution in [0, 0.1) is 6.92 Å². The van der Waals surface area contributed by atoms with Crippen molar-refractivity contribution in [2.24, 2.45) is 7.05 Å². The van der Waals surface area contributed by atoms with Crippen molar-refractivity contribution in [3.63, 3.8) is 0 Å². The minimum absolute atomic E-state index is 0.0824. The van der Waals surface area contributed by atoms with Gasteiger partial charge in [-0.25, -0.2) is 0 Å². The number of anilines is 1. The van der Waals surface area contributed by atoms with Crippen molar-refractivity contribution in [2.75, 3.05) is 11.4 Å². The number of amides is 1. The third kappa shape index (κ3) is 2.60. The van der Waals surface area contributed by atoms with Crippen LogP contribution in [-0.4, -0.2) is 28.3 Å². The van der Waals surface area contributed by atoms with Gasteiger partial charge in [-0.15, -0.1) is 11.3 Å². The van der Waals surface area contributed by atoms with Gasteiger partial charge in [0.25, 0.3) is 0 Å². The van der Waals surface area contributed by atoms with Gasteiger partial charge in [0.15, 0.2) is 0 Å². The Hall–Kier alpha value is -1.66. The fourth-order valence-electron chi connectivity index (χ4n) is 3.81. The van der Waals surface area contributed by atoms with Crippen LogP contribution < -0.4 is 10.2 Å². The van der Waals surface area contributed by atoms with Gasteiger partial charge in [-0.05, 0) is 49.6 Å². The van der Waals surface area contributed by atoms with Crippen LogP contribution in [0.3, 0.4) is 0 Å². The molecule has 2 aromatic rings. The highest BCUT2D eigenvalue weighted by Crippen LogP contribution is 2.34. The summed E-state index contributed by atoms with van der Waals surface area (Å²) in [4.78, 5) is 16.2. The van der Waals surface area contributed by atoms with E-state index in [-0.39, 0.29) is 11.9 Å². The fraction of sp³-hybridized carbons (Fsp3) is 0.529. The van der Waals surface area contributed by atoms with Crippen molar-refractivity contribution in [3.05, 3.63) is 33.6 Å². The number of carbonyl (C=O) groups excluding carboxylic acids is 1. The van der Waals surface area contributed by atoms with Crippen LogP contribution in [-0.2, 0) is 18.3 Å². The summed E-state index contributed by atoms with van der Waals surface area (Å²) in [6.45, 7) is 2.72. The van der Waals surface area contributed by atoms with E-state index < -0.39 is 0 Å². The summed E-state index contributed by atoms with van der Waals surface area (Å²) in [6, 6.07) is 4.45. The molecule has 2 aliphatic rings. The van der Waals surface area contributed by atoms with E-state index in [1.807, 2.05) is 36.3 Å². The van der Waals surface area contributed by atoms with Crippen LogP contribution >= 0.6 is 11.3 Å². The molecule has 5 nitrogen and oxygen atoms in total. The molecule has 6 heteroatoms. The van der Waals surface area contributed by atoms with Gasteiger partial charge >= 0.3 is 0 Å². The molecule has 2 atom stereocenters. The summed E-state index contributed by atoms with van der Waals surface area (Å²) >= 11 is 1.84. The highest BCUT2D eigenvalue weighted by atomic mass is 32.1. The Morgan fingerprint density at radius 1 is 1.35 bits per heavy atom. The zero-order valence-electron chi connectivity index (χ0n) is 13.6. The predicted octanol–water partition coefficient (Wildman–Crippen LogP) is 2.56. The van der Waals surface area contributed by atoms with Crippen molar-refractivity contribution in [1.29, 1.82) is 0 Å². The van der Waals surface area contributed by atoms with Crippen molar-refractivity contribution < 1.29 is 4.79 Å². The molecule has 1 aliphatic heterocycles. The Morgan fingerprint density at radius 2 is 2.22 bits per heavy atom. The molecule has 0 spiro atoms. The molecule has 0 bridgehead atoms. The third-order valence-corrected chi connectivity index (χ3v) is 5.91. The molecule has 4 rings (SSSR count). The summed E-state index contributed by atoms with van der Waals surface area (Å²) in [5.41, 5.74) is 2.35. The van der Waals surface area contributed by atoms with E-state index in [9.17, 15) is 4.79 Å². The first kappa shape index (κ1) is 14.9. The minimum Gasteiger partial charge on any atom is -0.299 e. The predicted molar refractivity (Wildman–Crippen MR) is 91.8 cm³/mol. The molecule has 122 valence electrons. The lowest BCUT2D eigenvalue weighted by atomic mass is 9.93. The van der Waals surface area contributed by atoms with Crippen molar-refractivity contribution >= 4 is 23.1 Å². The maximum atomic E-state index is 12.8. The zero-order valence-corrected chi connectivity index (χ0v) is 14.4. The van der Waals surface area contributed by atoms with Crippen LogP contribution in [0.2, 0.25) is 0 Å². The normalized spacial score (nSPS) is 24.3. The van der Waals surface area contributed by atoms with Gasteiger partial charge in [0.1, 0.15) is 5.82 Å². The summed E-state index contributed by atoms with van der Waals surface area (Å²) < 4.78 is 1.80. The number of hydrogen-bond acceptors (Lipinski definition) is 4. The SMILES string of the molecule is Cc1cc(N2CC[C@@H](N[C@H]3CCCc4sccc43)C2=O)n(C)n1. The number of aromatic nitrogens is 2. The summed E-state index contributed by atoms with van der Waals surface area (Å²) in [5, 5.41) is 10.2. The Morgan fingerprint density at radius 3 is 3.00 bits per heavy atom. The fourth-order valence-corrected chi connectivity index (χ4v) is 4.80. The minimum atomic E-state index is -0.0824. The lowest BCUT2D eigenvalue weighted by molar-refractivity contribution is -0.119. The van der Waals surface area contributed by atoms with Crippen LogP contribution in [0.25, 0.3) is 0 Å². The summed E-state index contributed by atoms with van der Waals surface area (Å²) in [5.74, 6) is 1.08. The third-order valence-electron chi connectivity index (χ3n) is 4.91. The molecule has 3 heterocycles. The monoisotopic (exact) mass is 330 g/mol. The lowest BCUT2D eigenvalue weighted by Crippen LogP contribution is -2.41. The summed E-state index contributed by atoms with van der Waals surface area (Å²) in [6.07, 6.45) is 4.37. The topological polar surface area (TPSA) is 50.2 Å². The van der Waals surface area contributed by atoms with E-state index in [1.54, 1.807) is 4.68 Å². The van der Waals surface area contributed by atoms with Gasteiger partial charge in [0.2, 0.25) is 5.91 Å². The van der Waals surface area contributed by atoms with Gasteiger partial charge in [-0.3, -0.25) is 19.7 Å². The van der Waals surface area contributed by atoms with Crippen LogP contribution in [0.4, 0.5) is 5.82 Å². The Kier molecular flexibility index (Phi) is 3.73. The number of rotatable bonds is 3. The number of nitrogens with zero attached hydrogens (tertiary/aromatic N) is 3. The first-order valence-corrected chi connectivity index (χ1v) is 9.16. The molecule has 0 saturated carbocycles. The highest BCUT2D eigenvalue weighted by molar-refractivity contribution is 7.10. The Labute approximate surface area is 140 Å². The molecule has 1 fully saturated rings. The average molecular weight is 330 g/mol. The van der Waals surface area contributed by atoms with E-state index in [0.29, 0.717) is 6.04 Å². The second-order valence-electron chi connectivity index (χ2n) is 6.51. The average Bonchev–Trinajstić information content (AvgIpc) is 3.20. The van der Waals surface area contributed by atoms with Crippen molar-refractivity contribution in [1.82, 2.24) is 15.1 Å². The van der Waals surface area contributed by atoms with Gasteiger partial charge < -0.3 is 0 Å². The summed E-state index contributed by atoms with van der Waals surface area (Å²) in [7, 11) is 1.90. The molecule has 0 aromatic carbocycles. The molecule has 1 saturated heterocycles. The van der Waals surface area contributed by atoms with Gasteiger partial charge in [-0.2, -0.15) is 5.10 Å². The maximum absolute atomic E-state index is 12.8. The number of nitrogens with one attached hydrogen (secondary N) is 1. The second kappa shape index (κ2) is 5.76. The van der Waals surface area contributed by atoms with Crippen LogP contribution in [0.5, 0.6) is 0 Å². The number of aryl methyl sites for hydroxylation is 3. The largest absolute Gasteiger partial charge is 0.299 e. The van der Waals surface area contributed by atoms with Gasteiger partial charge in [0.05, 0.1) is 11.7 Å². The molecule has 23 heavy (non-hydrogen) atoms. The highest BCUT2D eigenvalue weighted by Gasteiger charge is 2.36. The van der Waals surface area contributed by atoms with Crippen LogP contribution in [0.15, 0.2) is 17.5 Å². The number of hydrogen-bond donors (Lipinski definition) is 1. The van der Waals surface area contributed by atoms with E-state index in [1.165, 1.54) is 23.3 Å².